The van der Waals surface area contributed by atoms with Crippen LogP contribution in [0.15, 0.2) is 24.5 Å². The summed E-state index contributed by atoms with van der Waals surface area (Å²) in [7, 11) is -4.04. The first-order valence-electron chi connectivity index (χ1n) is 10.8. The molecule has 7 heteroatoms. The van der Waals surface area contributed by atoms with Crippen molar-refractivity contribution in [3.8, 4) is 11.5 Å². The Labute approximate surface area is 186 Å². The Hall–Kier alpha value is -2.04. The molecule has 0 saturated carbocycles. The first kappa shape index (κ1) is 25.2. The first-order chi connectivity index (χ1) is 14.2. The molecule has 0 bridgehead atoms. The zero-order chi connectivity index (χ0) is 23.6. The van der Waals surface area contributed by atoms with E-state index in [1.807, 2.05) is 55.4 Å². The SMILES string of the molecule is CCc1c(OP(=O)(O)CNc2cccnc2)c(CC)c(C(C)(C)C)c(O)c1C(C)(C)C. The number of hydrogen-bond acceptors (Lipinski definition) is 5. The summed E-state index contributed by atoms with van der Waals surface area (Å²) in [5.74, 6) is 0.693. The minimum Gasteiger partial charge on any atom is -0.507 e. The standard InChI is InChI=1S/C24H37N2O4P/c1-9-17-19(23(3,4)5)21(27)20(24(6,7)8)18(10-2)22(17)30-31(28,29)15-26-16-12-11-13-25-14-16/h11-14,26-27H,9-10,15H2,1-8H3,(H,28,29). The number of hydrogen-bond donors (Lipinski definition) is 3. The van der Waals surface area contributed by atoms with Crippen molar-refractivity contribution in [1.29, 1.82) is 0 Å². The van der Waals surface area contributed by atoms with Crippen molar-refractivity contribution < 1.29 is 19.1 Å². The van der Waals surface area contributed by atoms with Crippen LogP contribution in [-0.4, -0.2) is 21.3 Å². The Kier molecular flexibility index (Phi) is 7.50. The molecule has 3 N–H and O–H groups in total. The molecule has 0 spiro atoms. The van der Waals surface area contributed by atoms with Gasteiger partial charge >= 0.3 is 7.60 Å². The summed E-state index contributed by atoms with van der Waals surface area (Å²) >= 11 is 0. The molecular formula is C24H37N2O4P. The Morgan fingerprint density at radius 1 is 1.03 bits per heavy atom. The molecule has 2 aromatic rings. The molecular weight excluding hydrogens is 411 g/mol. The van der Waals surface area contributed by atoms with Crippen molar-refractivity contribution in [1.82, 2.24) is 4.98 Å². The van der Waals surface area contributed by atoms with Crippen molar-refractivity contribution in [3.05, 3.63) is 46.8 Å². The van der Waals surface area contributed by atoms with E-state index in [1.54, 1.807) is 24.5 Å². The van der Waals surface area contributed by atoms with Gasteiger partial charge in [-0.15, -0.1) is 0 Å². The molecule has 1 atom stereocenters. The molecule has 1 unspecified atom stereocenters. The highest BCUT2D eigenvalue weighted by Crippen LogP contribution is 2.52. The third-order valence-electron chi connectivity index (χ3n) is 5.21. The Bertz CT molecular complexity index is 917. The highest BCUT2D eigenvalue weighted by Gasteiger charge is 2.35. The van der Waals surface area contributed by atoms with Gasteiger partial charge in [0.2, 0.25) is 0 Å². The lowest BCUT2D eigenvalue weighted by Crippen LogP contribution is -2.22. The topological polar surface area (TPSA) is 91.7 Å². The number of phenolic OH excluding ortho intramolecular Hbond substituents is 1. The van der Waals surface area contributed by atoms with Gasteiger partial charge in [0.05, 0.1) is 5.69 Å². The molecule has 0 amide bonds. The van der Waals surface area contributed by atoms with E-state index in [1.165, 1.54) is 0 Å². The maximum absolute atomic E-state index is 13.1. The Morgan fingerprint density at radius 3 is 1.94 bits per heavy atom. The molecule has 0 aliphatic carbocycles. The Morgan fingerprint density at radius 2 is 1.55 bits per heavy atom. The quantitative estimate of drug-likeness (QED) is 0.441. The average Bonchev–Trinajstić information content (AvgIpc) is 2.65. The lowest BCUT2D eigenvalue weighted by atomic mass is 9.74. The van der Waals surface area contributed by atoms with Crippen LogP contribution in [0.3, 0.4) is 0 Å². The molecule has 0 aliphatic heterocycles. The van der Waals surface area contributed by atoms with E-state index in [0.717, 1.165) is 22.3 Å². The van der Waals surface area contributed by atoms with Gasteiger partial charge in [-0.05, 0) is 35.8 Å². The fourth-order valence-electron chi connectivity index (χ4n) is 4.05. The third-order valence-corrected chi connectivity index (χ3v) is 6.24. The van der Waals surface area contributed by atoms with Crippen molar-refractivity contribution in [2.24, 2.45) is 0 Å². The molecule has 1 heterocycles. The lowest BCUT2D eigenvalue weighted by molar-refractivity contribution is 0.371. The van der Waals surface area contributed by atoms with Crippen LogP contribution in [-0.2, 0) is 28.2 Å². The van der Waals surface area contributed by atoms with Gasteiger partial charge in [0, 0.05) is 34.6 Å². The normalized spacial score (nSPS) is 14.2. The van der Waals surface area contributed by atoms with Crippen LogP contribution in [0.25, 0.3) is 0 Å². The summed E-state index contributed by atoms with van der Waals surface area (Å²) in [6.45, 7) is 16.2. The highest BCUT2D eigenvalue weighted by molar-refractivity contribution is 7.53. The molecule has 6 nitrogen and oxygen atoms in total. The predicted octanol–water partition coefficient (Wildman–Crippen LogP) is 6.14. The van der Waals surface area contributed by atoms with Gasteiger partial charge in [-0.1, -0.05) is 55.4 Å². The van der Waals surface area contributed by atoms with Gasteiger partial charge in [-0.2, -0.15) is 0 Å². The second-order valence-electron chi connectivity index (χ2n) is 9.90. The van der Waals surface area contributed by atoms with Crippen molar-refractivity contribution in [2.75, 3.05) is 11.6 Å². The summed E-state index contributed by atoms with van der Waals surface area (Å²) < 4.78 is 19.0. The summed E-state index contributed by atoms with van der Waals surface area (Å²) in [5.41, 5.74) is 3.01. The number of nitrogens with zero attached hydrogens (tertiary/aromatic N) is 1. The molecule has 0 radical (unpaired) electrons. The fraction of sp³-hybridized carbons (Fsp3) is 0.542. The smallest absolute Gasteiger partial charge is 0.395 e. The second-order valence-corrected chi connectivity index (χ2v) is 11.7. The number of aromatic hydroxyl groups is 1. The van der Waals surface area contributed by atoms with E-state index < -0.39 is 7.60 Å². The molecule has 1 aromatic heterocycles. The van der Waals surface area contributed by atoms with E-state index in [9.17, 15) is 14.6 Å². The van der Waals surface area contributed by atoms with Crippen LogP contribution in [0.5, 0.6) is 11.5 Å². The minimum absolute atomic E-state index is 0.248. The van der Waals surface area contributed by atoms with E-state index in [0.29, 0.717) is 24.3 Å². The largest absolute Gasteiger partial charge is 0.507 e. The Balaban J connectivity index is 2.65. The number of anilines is 1. The number of rotatable bonds is 7. The van der Waals surface area contributed by atoms with Crippen LogP contribution in [0.4, 0.5) is 5.69 Å². The van der Waals surface area contributed by atoms with Crippen molar-refractivity contribution >= 4 is 13.3 Å². The zero-order valence-corrected chi connectivity index (χ0v) is 20.9. The number of phenols is 1. The highest BCUT2D eigenvalue weighted by atomic mass is 31.2. The molecule has 172 valence electrons. The average molecular weight is 449 g/mol. The third kappa shape index (κ3) is 5.81. The lowest BCUT2D eigenvalue weighted by Gasteiger charge is -2.34. The summed E-state index contributed by atoms with van der Waals surface area (Å²) in [4.78, 5) is 14.7. The molecule has 2 rings (SSSR count). The minimum atomic E-state index is -4.04. The van der Waals surface area contributed by atoms with Gasteiger partial charge in [0.15, 0.2) is 0 Å². The molecule has 0 aliphatic rings. The van der Waals surface area contributed by atoms with Crippen LogP contribution in [0, 0.1) is 0 Å². The van der Waals surface area contributed by atoms with Gasteiger partial charge < -0.3 is 19.8 Å². The van der Waals surface area contributed by atoms with Crippen molar-refractivity contribution in [2.45, 2.75) is 79.1 Å². The van der Waals surface area contributed by atoms with E-state index >= 15 is 0 Å². The van der Waals surface area contributed by atoms with Gasteiger partial charge in [-0.25, -0.2) is 4.57 Å². The van der Waals surface area contributed by atoms with Crippen LogP contribution in [0.1, 0.15) is 77.6 Å². The number of pyridine rings is 1. The molecule has 31 heavy (non-hydrogen) atoms. The number of nitrogens with one attached hydrogen (secondary N) is 1. The van der Waals surface area contributed by atoms with E-state index in [-0.39, 0.29) is 22.9 Å². The summed E-state index contributed by atoms with van der Waals surface area (Å²) in [6, 6.07) is 3.53. The molecule has 0 fully saturated rings. The monoisotopic (exact) mass is 448 g/mol. The van der Waals surface area contributed by atoms with Gasteiger partial charge in [-0.3, -0.25) is 4.98 Å². The van der Waals surface area contributed by atoms with Crippen LogP contribution >= 0.6 is 7.60 Å². The number of benzene rings is 1. The predicted molar refractivity (Wildman–Crippen MR) is 127 cm³/mol. The zero-order valence-electron chi connectivity index (χ0n) is 20.0. The van der Waals surface area contributed by atoms with Gasteiger partial charge in [0.25, 0.3) is 0 Å². The number of aromatic nitrogens is 1. The molecule has 1 aromatic carbocycles. The van der Waals surface area contributed by atoms with Crippen molar-refractivity contribution in [3.63, 3.8) is 0 Å². The fourth-order valence-corrected chi connectivity index (χ4v) is 5.01. The van der Waals surface area contributed by atoms with Crippen LogP contribution in [0.2, 0.25) is 0 Å². The second kappa shape index (κ2) is 9.22. The van der Waals surface area contributed by atoms with Gasteiger partial charge in [0.1, 0.15) is 17.8 Å². The van der Waals surface area contributed by atoms with E-state index in [4.69, 9.17) is 4.52 Å². The maximum atomic E-state index is 13.1. The van der Waals surface area contributed by atoms with E-state index in [2.05, 4.69) is 10.3 Å². The summed E-state index contributed by atoms with van der Waals surface area (Å²) in [6.07, 6.45) is 4.12. The summed E-state index contributed by atoms with van der Waals surface area (Å²) in [5, 5.41) is 14.3. The molecule has 0 saturated heterocycles. The first-order valence-corrected chi connectivity index (χ1v) is 12.6. The van der Waals surface area contributed by atoms with Crippen LogP contribution < -0.4 is 9.84 Å². The maximum Gasteiger partial charge on any atom is 0.395 e.